The minimum Gasteiger partial charge on any atom is -0.491 e. The van der Waals surface area contributed by atoms with E-state index in [9.17, 15) is 12.6 Å². The van der Waals surface area contributed by atoms with E-state index in [1.165, 1.54) is 22.6 Å². The maximum Gasteiger partial charge on any atom is 0.180 e. The Morgan fingerprint density at radius 2 is 0.931 bits per heavy atom. The SMILES string of the molecule is CC(C)Cc1ccc(N)cc1.CC(C)Oc1ccc(N)cc1.CC(C)S(=O)(=O)c1ccc(N)cc1.CC(C)S(=O)c1ccc(N)cc1.CC(C)Sc1ccc(N)cc1. The normalized spacial score (nSPS) is 11.3. The summed E-state index contributed by atoms with van der Waals surface area (Å²) < 4.78 is 40.1. The number of nitrogen functional groups attached to an aromatic ring is 5. The quantitative estimate of drug-likeness (QED) is 0.0667. The fraction of sp³-hybridized carbons (Fsp3) is 0.348. The number of rotatable bonds is 10. The third kappa shape index (κ3) is 21.8. The Morgan fingerprint density at radius 1 is 0.552 bits per heavy atom. The monoisotopic (exact) mass is 849 g/mol. The highest BCUT2D eigenvalue weighted by Gasteiger charge is 2.18. The number of benzene rings is 5. The van der Waals surface area contributed by atoms with Gasteiger partial charge in [0.15, 0.2) is 9.84 Å². The highest BCUT2D eigenvalue weighted by Crippen LogP contribution is 2.23. The van der Waals surface area contributed by atoms with E-state index in [0.717, 1.165) is 40.0 Å². The van der Waals surface area contributed by atoms with Gasteiger partial charge in [-0.2, -0.15) is 0 Å². The van der Waals surface area contributed by atoms with Gasteiger partial charge in [-0.05, 0) is 155 Å². The molecule has 0 bridgehead atoms. The first-order chi connectivity index (χ1) is 27.1. The summed E-state index contributed by atoms with van der Waals surface area (Å²) in [6.45, 7) is 20.0. The van der Waals surface area contributed by atoms with Gasteiger partial charge in [-0.3, -0.25) is 4.21 Å². The summed E-state index contributed by atoms with van der Waals surface area (Å²) in [4.78, 5) is 2.46. The van der Waals surface area contributed by atoms with Crippen molar-refractivity contribution in [1.29, 1.82) is 0 Å². The van der Waals surface area contributed by atoms with Gasteiger partial charge in [0, 0.05) is 48.7 Å². The van der Waals surface area contributed by atoms with Crippen LogP contribution in [-0.4, -0.2) is 34.5 Å². The van der Waals surface area contributed by atoms with E-state index < -0.39 is 25.9 Å². The van der Waals surface area contributed by atoms with E-state index in [4.69, 9.17) is 33.4 Å². The fourth-order valence-electron chi connectivity index (χ4n) is 4.57. The molecule has 0 spiro atoms. The van der Waals surface area contributed by atoms with Gasteiger partial charge in [0.2, 0.25) is 0 Å². The molecule has 318 valence electrons. The lowest BCUT2D eigenvalue weighted by atomic mass is 10.0. The Bertz CT molecular complexity index is 1860. The lowest BCUT2D eigenvalue weighted by molar-refractivity contribution is 0.242. The Morgan fingerprint density at radius 3 is 1.29 bits per heavy atom. The maximum absolute atomic E-state index is 11.6. The Kier molecular flexibility index (Phi) is 23.4. The van der Waals surface area contributed by atoms with Gasteiger partial charge in [0.25, 0.3) is 0 Å². The smallest absolute Gasteiger partial charge is 0.180 e. The van der Waals surface area contributed by atoms with Crippen molar-refractivity contribution in [1.82, 2.24) is 0 Å². The van der Waals surface area contributed by atoms with E-state index in [2.05, 4.69) is 52.0 Å². The molecule has 0 amide bonds. The van der Waals surface area contributed by atoms with Gasteiger partial charge in [-0.25, -0.2) is 8.42 Å². The summed E-state index contributed by atoms with van der Waals surface area (Å²) in [6.07, 6.45) is 1.36. The molecule has 5 rings (SSSR count). The molecule has 0 aromatic heterocycles. The zero-order valence-electron chi connectivity index (χ0n) is 35.9. The number of nitrogens with two attached hydrogens (primary N) is 5. The number of thioether (sulfide) groups is 1. The van der Waals surface area contributed by atoms with Crippen LogP contribution in [-0.2, 0) is 27.1 Å². The molecule has 0 radical (unpaired) electrons. The van der Waals surface area contributed by atoms with E-state index >= 15 is 0 Å². The minimum atomic E-state index is -3.15. The topological polar surface area (TPSA) is 191 Å². The van der Waals surface area contributed by atoms with Gasteiger partial charge >= 0.3 is 0 Å². The zero-order chi connectivity index (χ0) is 44.0. The molecular formula is C46H67N5O4S3. The lowest BCUT2D eigenvalue weighted by Gasteiger charge is -2.08. The molecule has 10 N–H and O–H groups in total. The summed E-state index contributed by atoms with van der Waals surface area (Å²) in [6, 6.07) is 36.9. The molecule has 1 unspecified atom stereocenters. The predicted molar refractivity (Wildman–Crippen MR) is 253 cm³/mol. The molecule has 0 fully saturated rings. The Balaban J connectivity index is 0.000000363. The van der Waals surface area contributed by atoms with Crippen molar-refractivity contribution in [3.05, 3.63) is 127 Å². The predicted octanol–water partition coefficient (Wildman–Crippen LogP) is 10.5. The summed E-state index contributed by atoms with van der Waals surface area (Å²) in [5.41, 5.74) is 32.7. The van der Waals surface area contributed by atoms with Gasteiger partial charge < -0.3 is 33.4 Å². The third-order valence-electron chi connectivity index (χ3n) is 7.50. The molecule has 0 saturated heterocycles. The van der Waals surface area contributed by atoms with Crippen molar-refractivity contribution in [3.63, 3.8) is 0 Å². The summed E-state index contributed by atoms with van der Waals surface area (Å²) in [7, 11) is -4.05. The van der Waals surface area contributed by atoms with Gasteiger partial charge in [-0.15, -0.1) is 11.8 Å². The average Bonchev–Trinajstić information content (AvgIpc) is 3.15. The van der Waals surface area contributed by atoms with Crippen LogP contribution in [0, 0.1) is 5.92 Å². The average molecular weight is 850 g/mol. The molecule has 0 aliphatic rings. The first kappa shape index (κ1) is 51.4. The van der Waals surface area contributed by atoms with E-state index in [-0.39, 0.29) is 11.4 Å². The number of anilines is 5. The molecule has 58 heavy (non-hydrogen) atoms. The van der Waals surface area contributed by atoms with Crippen LogP contribution in [0.5, 0.6) is 5.75 Å². The summed E-state index contributed by atoms with van der Waals surface area (Å²) in [5, 5.41) is 0.406. The highest BCUT2D eigenvalue weighted by molar-refractivity contribution is 7.99. The van der Waals surface area contributed by atoms with Crippen molar-refractivity contribution < 1.29 is 17.4 Å². The van der Waals surface area contributed by atoms with Crippen LogP contribution in [0.25, 0.3) is 0 Å². The zero-order valence-corrected chi connectivity index (χ0v) is 38.3. The van der Waals surface area contributed by atoms with Gasteiger partial charge in [0.05, 0.1) is 27.0 Å². The van der Waals surface area contributed by atoms with Crippen molar-refractivity contribution in [2.75, 3.05) is 28.7 Å². The third-order valence-corrected chi connectivity index (χ3v) is 12.3. The minimum absolute atomic E-state index is 0.161. The second kappa shape index (κ2) is 26.4. The molecule has 5 aromatic rings. The second-order valence-corrected chi connectivity index (χ2v) is 21.1. The lowest BCUT2D eigenvalue weighted by Crippen LogP contribution is -2.13. The van der Waals surface area contributed by atoms with Crippen LogP contribution in [0.15, 0.2) is 136 Å². The van der Waals surface area contributed by atoms with Gasteiger partial charge in [-0.1, -0.05) is 53.7 Å². The van der Waals surface area contributed by atoms with Crippen molar-refractivity contribution in [2.45, 2.75) is 112 Å². The standard InChI is InChI=1S/C10H15N.C9H13NO2S.C9H13NOS.C9H13NO.C9H13NS/c1-8(2)7-9-3-5-10(11)6-4-9;1-7(2)13(11,12)9-5-3-8(10)4-6-9;1-7(2)12(11)9-5-3-8(10)4-6-9;2*1-7(2)11-9-5-3-8(10)4-6-9/h3-6,8H,7,11H2,1-2H3;3-7H,10H2,1-2H3;3-7H,10H2,1-2H3;2*3-7H,10H2,1-2H3. The molecule has 0 aliphatic carbocycles. The first-order valence-corrected chi connectivity index (χ1v) is 23.0. The van der Waals surface area contributed by atoms with Crippen molar-refractivity contribution >= 4 is 60.8 Å². The number of ether oxygens (including phenoxy) is 1. The first-order valence-electron chi connectivity index (χ1n) is 19.3. The number of hydrogen-bond donors (Lipinski definition) is 5. The second-order valence-electron chi connectivity index (χ2n) is 14.9. The van der Waals surface area contributed by atoms with E-state index in [1.807, 2.05) is 100 Å². The Hall–Kier alpha value is -4.65. The summed E-state index contributed by atoms with van der Waals surface area (Å²) >= 11 is 1.85. The van der Waals surface area contributed by atoms with Gasteiger partial charge in [0.1, 0.15) is 5.75 Å². The van der Waals surface area contributed by atoms with Crippen LogP contribution in [0.3, 0.4) is 0 Å². The maximum atomic E-state index is 11.6. The molecule has 12 heteroatoms. The molecule has 1 atom stereocenters. The molecule has 0 aliphatic heterocycles. The number of hydrogen-bond acceptors (Lipinski definition) is 10. The van der Waals surface area contributed by atoms with Crippen LogP contribution in [0.2, 0.25) is 0 Å². The number of sulfone groups is 1. The summed E-state index contributed by atoms with van der Waals surface area (Å²) in [5.74, 6) is 1.59. The molecule has 0 saturated carbocycles. The molecule has 0 heterocycles. The molecule has 5 aromatic carbocycles. The van der Waals surface area contributed by atoms with Crippen LogP contribution in [0.1, 0.15) is 74.8 Å². The Labute approximate surface area is 355 Å². The van der Waals surface area contributed by atoms with Crippen molar-refractivity contribution in [2.24, 2.45) is 5.92 Å². The fourth-order valence-corrected chi connectivity index (χ4v) is 7.41. The van der Waals surface area contributed by atoms with Crippen LogP contribution < -0.4 is 33.4 Å². The molecular weight excluding hydrogens is 783 g/mol. The van der Waals surface area contributed by atoms with E-state index in [1.54, 1.807) is 38.1 Å². The van der Waals surface area contributed by atoms with Crippen molar-refractivity contribution in [3.8, 4) is 5.75 Å². The largest absolute Gasteiger partial charge is 0.491 e. The van der Waals surface area contributed by atoms with E-state index in [0.29, 0.717) is 21.5 Å². The molecule has 9 nitrogen and oxygen atoms in total. The van der Waals surface area contributed by atoms with Crippen LogP contribution >= 0.6 is 11.8 Å². The highest BCUT2D eigenvalue weighted by atomic mass is 32.2. The van der Waals surface area contributed by atoms with Crippen LogP contribution in [0.4, 0.5) is 28.4 Å².